The smallest absolute Gasteiger partial charge is 0.296 e. The highest BCUT2D eigenvalue weighted by atomic mass is 16.7. The Morgan fingerprint density at radius 2 is 1.89 bits per heavy atom. The first-order valence-electron chi connectivity index (χ1n) is 6.48. The average molecular weight is 264 g/mol. The molecule has 3 rings (SSSR count). The number of hydrogen-bond donors (Lipinski definition) is 0. The van der Waals surface area contributed by atoms with Crippen molar-refractivity contribution >= 4 is 11.4 Å². The Kier molecular flexibility index (Phi) is 2.93. The van der Waals surface area contributed by atoms with E-state index in [1.807, 2.05) is 0 Å². The molecule has 0 aliphatic carbocycles. The van der Waals surface area contributed by atoms with Gasteiger partial charge in [-0.05, 0) is 18.8 Å². The Bertz CT molecular complexity index is 510. The summed E-state index contributed by atoms with van der Waals surface area (Å²) in [7, 11) is 0. The van der Waals surface area contributed by atoms with Gasteiger partial charge in [-0.15, -0.1) is 0 Å². The topological polar surface area (TPSA) is 64.8 Å². The van der Waals surface area contributed by atoms with Crippen molar-refractivity contribution in [2.24, 2.45) is 5.92 Å². The molecule has 0 unspecified atom stereocenters. The third kappa shape index (κ3) is 2.18. The van der Waals surface area contributed by atoms with Crippen LogP contribution in [0.4, 0.5) is 11.4 Å². The van der Waals surface area contributed by atoms with Crippen LogP contribution in [0.15, 0.2) is 12.1 Å². The highest BCUT2D eigenvalue weighted by molar-refractivity contribution is 5.70. The van der Waals surface area contributed by atoms with E-state index >= 15 is 0 Å². The van der Waals surface area contributed by atoms with Gasteiger partial charge in [-0.2, -0.15) is 0 Å². The third-order valence-electron chi connectivity index (χ3n) is 3.79. The standard InChI is InChI=1S/C13H16N2O4/c1-9-2-4-14(5-3-9)10-6-12-13(19-8-18-12)7-11(10)15(16)17/h6-7,9H,2-5,8H2,1H3. The normalized spacial score (nSPS) is 18.7. The monoisotopic (exact) mass is 264 g/mol. The molecule has 0 bridgehead atoms. The van der Waals surface area contributed by atoms with Gasteiger partial charge in [0, 0.05) is 19.2 Å². The molecule has 0 atom stereocenters. The highest BCUT2D eigenvalue weighted by Gasteiger charge is 2.28. The van der Waals surface area contributed by atoms with Gasteiger partial charge in [0.05, 0.1) is 11.0 Å². The summed E-state index contributed by atoms with van der Waals surface area (Å²) in [6.45, 7) is 4.04. The van der Waals surface area contributed by atoms with Gasteiger partial charge in [0.2, 0.25) is 6.79 Å². The maximum Gasteiger partial charge on any atom is 0.296 e. The van der Waals surface area contributed by atoms with Crippen LogP contribution in [0.3, 0.4) is 0 Å². The molecule has 19 heavy (non-hydrogen) atoms. The lowest BCUT2D eigenvalue weighted by atomic mass is 9.98. The van der Waals surface area contributed by atoms with E-state index in [-0.39, 0.29) is 17.4 Å². The second-order valence-electron chi connectivity index (χ2n) is 5.12. The number of ether oxygens (including phenoxy) is 2. The zero-order valence-corrected chi connectivity index (χ0v) is 10.8. The lowest BCUT2D eigenvalue weighted by Crippen LogP contribution is -2.33. The second-order valence-corrected chi connectivity index (χ2v) is 5.12. The number of nitro benzene ring substituents is 1. The number of piperidine rings is 1. The van der Waals surface area contributed by atoms with E-state index in [0.717, 1.165) is 25.9 Å². The van der Waals surface area contributed by atoms with Gasteiger partial charge >= 0.3 is 0 Å². The fraction of sp³-hybridized carbons (Fsp3) is 0.538. The summed E-state index contributed by atoms with van der Waals surface area (Å²) in [4.78, 5) is 12.9. The number of benzene rings is 1. The van der Waals surface area contributed by atoms with Crippen LogP contribution in [0.5, 0.6) is 11.5 Å². The van der Waals surface area contributed by atoms with Gasteiger partial charge in [-0.25, -0.2) is 0 Å². The molecular formula is C13H16N2O4. The molecule has 0 saturated carbocycles. The van der Waals surface area contributed by atoms with E-state index < -0.39 is 0 Å². The Morgan fingerprint density at radius 1 is 1.26 bits per heavy atom. The molecule has 2 aliphatic rings. The van der Waals surface area contributed by atoms with Gasteiger partial charge in [0.1, 0.15) is 5.69 Å². The zero-order valence-electron chi connectivity index (χ0n) is 10.8. The summed E-state index contributed by atoms with van der Waals surface area (Å²) in [5, 5.41) is 11.2. The molecule has 1 aromatic carbocycles. The quantitative estimate of drug-likeness (QED) is 0.606. The predicted molar refractivity (Wildman–Crippen MR) is 69.8 cm³/mol. The Labute approximate surface area is 111 Å². The fourth-order valence-electron chi connectivity index (χ4n) is 2.57. The van der Waals surface area contributed by atoms with Crippen molar-refractivity contribution < 1.29 is 14.4 Å². The zero-order chi connectivity index (χ0) is 13.4. The lowest BCUT2D eigenvalue weighted by Gasteiger charge is -2.31. The minimum atomic E-state index is -0.352. The largest absolute Gasteiger partial charge is 0.454 e. The first kappa shape index (κ1) is 12.1. The summed E-state index contributed by atoms with van der Waals surface area (Å²) < 4.78 is 10.5. The molecule has 102 valence electrons. The fourth-order valence-corrected chi connectivity index (χ4v) is 2.57. The van der Waals surface area contributed by atoms with Gasteiger partial charge in [0.15, 0.2) is 11.5 Å². The number of nitro groups is 1. The van der Waals surface area contributed by atoms with E-state index in [1.165, 1.54) is 6.07 Å². The van der Waals surface area contributed by atoms with Crippen molar-refractivity contribution in [3.63, 3.8) is 0 Å². The number of anilines is 1. The van der Waals surface area contributed by atoms with Crippen LogP contribution in [0.25, 0.3) is 0 Å². The van der Waals surface area contributed by atoms with Crippen LogP contribution in [0.1, 0.15) is 19.8 Å². The second kappa shape index (κ2) is 4.60. The number of hydrogen-bond acceptors (Lipinski definition) is 5. The number of fused-ring (bicyclic) bond motifs is 1. The molecule has 0 spiro atoms. The molecule has 0 N–H and O–H groups in total. The first-order chi connectivity index (χ1) is 9.15. The minimum Gasteiger partial charge on any atom is -0.454 e. The molecule has 2 heterocycles. The van der Waals surface area contributed by atoms with Crippen molar-refractivity contribution in [2.45, 2.75) is 19.8 Å². The molecular weight excluding hydrogens is 248 g/mol. The average Bonchev–Trinajstić information content (AvgIpc) is 2.85. The molecule has 1 fully saturated rings. The summed E-state index contributed by atoms with van der Waals surface area (Å²) in [5.41, 5.74) is 0.736. The predicted octanol–water partition coefficient (Wildman–Crippen LogP) is 2.56. The van der Waals surface area contributed by atoms with Crippen molar-refractivity contribution in [2.75, 3.05) is 24.8 Å². The number of rotatable bonds is 2. The van der Waals surface area contributed by atoms with E-state index in [2.05, 4.69) is 11.8 Å². The van der Waals surface area contributed by atoms with Crippen LogP contribution >= 0.6 is 0 Å². The molecule has 0 aromatic heterocycles. The van der Waals surface area contributed by atoms with E-state index in [0.29, 0.717) is 23.1 Å². The molecule has 1 aromatic rings. The van der Waals surface area contributed by atoms with Crippen molar-refractivity contribution in [1.82, 2.24) is 0 Å². The molecule has 2 aliphatic heterocycles. The van der Waals surface area contributed by atoms with Gasteiger partial charge in [-0.3, -0.25) is 10.1 Å². The van der Waals surface area contributed by atoms with Crippen LogP contribution in [0.2, 0.25) is 0 Å². The molecule has 1 saturated heterocycles. The maximum atomic E-state index is 11.2. The molecule has 0 amide bonds. The van der Waals surface area contributed by atoms with Gasteiger partial charge < -0.3 is 14.4 Å². The van der Waals surface area contributed by atoms with E-state index in [9.17, 15) is 10.1 Å². The Balaban J connectivity index is 1.97. The maximum absolute atomic E-state index is 11.2. The lowest BCUT2D eigenvalue weighted by molar-refractivity contribution is -0.384. The SMILES string of the molecule is CC1CCN(c2cc3c(cc2[N+](=O)[O-])OCO3)CC1. The van der Waals surface area contributed by atoms with Crippen LogP contribution in [0, 0.1) is 16.0 Å². The highest BCUT2D eigenvalue weighted by Crippen LogP contribution is 2.42. The summed E-state index contributed by atoms with van der Waals surface area (Å²) in [5.74, 6) is 1.74. The van der Waals surface area contributed by atoms with Crippen LogP contribution < -0.4 is 14.4 Å². The molecule has 6 heteroatoms. The van der Waals surface area contributed by atoms with Gasteiger partial charge in [0.25, 0.3) is 5.69 Å². The van der Waals surface area contributed by atoms with Crippen molar-refractivity contribution in [1.29, 1.82) is 0 Å². The van der Waals surface area contributed by atoms with Crippen molar-refractivity contribution in [3.8, 4) is 11.5 Å². The third-order valence-corrected chi connectivity index (χ3v) is 3.79. The number of nitrogens with zero attached hydrogens (tertiary/aromatic N) is 2. The van der Waals surface area contributed by atoms with Crippen molar-refractivity contribution in [3.05, 3.63) is 22.2 Å². The Hall–Kier alpha value is -1.98. The minimum absolute atomic E-state index is 0.0961. The molecule has 6 nitrogen and oxygen atoms in total. The Morgan fingerprint density at radius 3 is 2.53 bits per heavy atom. The van der Waals surface area contributed by atoms with E-state index in [4.69, 9.17) is 9.47 Å². The van der Waals surface area contributed by atoms with Crippen LogP contribution in [-0.2, 0) is 0 Å². The summed E-state index contributed by atoms with van der Waals surface area (Å²) >= 11 is 0. The van der Waals surface area contributed by atoms with Crippen LogP contribution in [-0.4, -0.2) is 24.8 Å². The van der Waals surface area contributed by atoms with E-state index in [1.54, 1.807) is 6.07 Å². The molecule has 0 radical (unpaired) electrons. The summed E-state index contributed by atoms with van der Waals surface area (Å²) in [6.07, 6.45) is 2.12. The summed E-state index contributed by atoms with van der Waals surface area (Å²) in [6, 6.07) is 3.20. The van der Waals surface area contributed by atoms with Gasteiger partial charge in [-0.1, -0.05) is 6.92 Å². The first-order valence-corrected chi connectivity index (χ1v) is 6.48.